The molecular weight excluding hydrogens is 332 g/mol. The summed E-state index contributed by atoms with van der Waals surface area (Å²) < 4.78 is 8.66. The van der Waals surface area contributed by atoms with Crippen LogP contribution in [0.4, 0.5) is 0 Å². The number of carbonyl (C=O) groups is 1. The molecule has 3 aromatic rings. The van der Waals surface area contributed by atoms with Gasteiger partial charge in [-0.1, -0.05) is 15.9 Å². The second-order valence-electron chi connectivity index (χ2n) is 4.57. The quantitative estimate of drug-likeness (QED) is 0.663. The fourth-order valence-corrected chi connectivity index (χ4v) is 2.47. The predicted octanol–water partition coefficient (Wildman–Crippen LogP) is 3.69. The zero-order valence-corrected chi connectivity index (χ0v) is 12.8. The molecule has 0 N–H and O–H groups in total. The largest absolute Gasteiger partial charge is 0.492 e. The third kappa shape index (κ3) is 2.97. The molecule has 0 unspecified atom stereocenters. The van der Waals surface area contributed by atoms with E-state index < -0.39 is 0 Å². The molecule has 0 saturated carbocycles. The highest BCUT2D eigenvalue weighted by Gasteiger charge is 2.08. The fraction of sp³-hybridized carbons (Fsp3) is 0.125. The van der Waals surface area contributed by atoms with Crippen molar-refractivity contribution in [2.75, 3.05) is 6.61 Å². The minimum Gasteiger partial charge on any atom is -0.492 e. The SMILES string of the molecule is O=Cc1cn(CCOc2ccc(Br)cc2)c2ncccc12. The van der Waals surface area contributed by atoms with E-state index in [0.717, 1.165) is 27.5 Å². The Morgan fingerprint density at radius 1 is 1.24 bits per heavy atom. The van der Waals surface area contributed by atoms with E-state index >= 15 is 0 Å². The van der Waals surface area contributed by atoms with Crippen molar-refractivity contribution in [3.8, 4) is 5.75 Å². The van der Waals surface area contributed by atoms with E-state index in [-0.39, 0.29) is 0 Å². The summed E-state index contributed by atoms with van der Waals surface area (Å²) in [4.78, 5) is 15.4. The van der Waals surface area contributed by atoms with Gasteiger partial charge in [0, 0.05) is 27.8 Å². The lowest BCUT2D eigenvalue weighted by Gasteiger charge is -2.07. The number of hydrogen-bond acceptors (Lipinski definition) is 3. The minimum absolute atomic E-state index is 0.514. The Morgan fingerprint density at radius 2 is 2.05 bits per heavy atom. The third-order valence-electron chi connectivity index (χ3n) is 3.21. The predicted molar refractivity (Wildman–Crippen MR) is 84.8 cm³/mol. The van der Waals surface area contributed by atoms with Gasteiger partial charge in [0.05, 0.1) is 6.54 Å². The first-order valence-electron chi connectivity index (χ1n) is 6.55. The number of benzene rings is 1. The highest BCUT2D eigenvalue weighted by molar-refractivity contribution is 9.10. The smallest absolute Gasteiger partial charge is 0.152 e. The summed E-state index contributed by atoms with van der Waals surface area (Å²) in [5, 5.41) is 0.871. The van der Waals surface area contributed by atoms with Gasteiger partial charge in [0.1, 0.15) is 18.0 Å². The van der Waals surface area contributed by atoms with Crippen molar-refractivity contribution in [3.63, 3.8) is 0 Å². The topological polar surface area (TPSA) is 44.1 Å². The number of carbonyl (C=O) groups excluding carboxylic acids is 1. The van der Waals surface area contributed by atoms with E-state index in [0.29, 0.717) is 18.7 Å². The van der Waals surface area contributed by atoms with Crippen LogP contribution in [0.5, 0.6) is 5.75 Å². The van der Waals surface area contributed by atoms with Gasteiger partial charge in [0.2, 0.25) is 0 Å². The average molecular weight is 345 g/mol. The van der Waals surface area contributed by atoms with Crippen LogP contribution >= 0.6 is 15.9 Å². The highest BCUT2D eigenvalue weighted by atomic mass is 79.9. The maximum atomic E-state index is 11.1. The summed E-state index contributed by atoms with van der Waals surface area (Å²) >= 11 is 3.39. The summed E-state index contributed by atoms with van der Waals surface area (Å²) in [6.07, 6.45) is 4.40. The molecular formula is C16H13BrN2O2. The van der Waals surface area contributed by atoms with Gasteiger partial charge in [0.15, 0.2) is 6.29 Å². The van der Waals surface area contributed by atoms with Crippen molar-refractivity contribution in [3.05, 3.63) is 58.8 Å². The zero-order valence-electron chi connectivity index (χ0n) is 11.2. The molecule has 0 aliphatic heterocycles. The van der Waals surface area contributed by atoms with E-state index in [9.17, 15) is 4.79 Å². The number of aromatic nitrogens is 2. The molecule has 2 aromatic heterocycles. The number of ether oxygens (including phenoxy) is 1. The first-order valence-corrected chi connectivity index (χ1v) is 7.34. The Bertz CT molecular complexity index is 766. The molecule has 106 valence electrons. The number of fused-ring (bicyclic) bond motifs is 1. The lowest BCUT2D eigenvalue weighted by molar-refractivity contribution is 0.112. The van der Waals surface area contributed by atoms with Gasteiger partial charge in [-0.3, -0.25) is 4.79 Å². The monoisotopic (exact) mass is 344 g/mol. The van der Waals surface area contributed by atoms with Crippen molar-refractivity contribution in [2.45, 2.75) is 6.54 Å². The maximum absolute atomic E-state index is 11.1. The van der Waals surface area contributed by atoms with Gasteiger partial charge in [-0.05, 0) is 36.4 Å². The van der Waals surface area contributed by atoms with Crippen LogP contribution in [0, 0.1) is 0 Å². The number of aldehydes is 1. The number of rotatable bonds is 5. The molecule has 0 bridgehead atoms. The molecule has 3 rings (SSSR count). The van der Waals surface area contributed by atoms with E-state index in [1.54, 1.807) is 6.20 Å². The van der Waals surface area contributed by atoms with Crippen molar-refractivity contribution < 1.29 is 9.53 Å². The Hall–Kier alpha value is -2.14. The van der Waals surface area contributed by atoms with Crippen molar-refractivity contribution in [1.82, 2.24) is 9.55 Å². The average Bonchev–Trinajstić information content (AvgIpc) is 2.88. The lowest BCUT2D eigenvalue weighted by Crippen LogP contribution is -2.07. The molecule has 0 aliphatic rings. The second-order valence-corrected chi connectivity index (χ2v) is 5.49. The van der Waals surface area contributed by atoms with Crippen molar-refractivity contribution in [1.29, 1.82) is 0 Å². The molecule has 4 nitrogen and oxygen atoms in total. The summed E-state index contributed by atoms with van der Waals surface area (Å²) in [7, 11) is 0. The molecule has 21 heavy (non-hydrogen) atoms. The Morgan fingerprint density at radius 3 is 2.81 bits per heavy atom. The Labute approximate surface area is 130 Å². The van der Waals surface area contributed by atoms with E-state index in [1.807, 2.05) is 47.2 Å². The first-order chi connectivity index (χ1) is 10.3. The third-order valence-corrected chi connectivity index (χ3v) is 3.73. The minimum atomic E-state index is 0.514. The van der Waals surface area contributed by atoms with Crippen LogP contribution in [0.2, 0.25) is 0 Å². The number of halogens is 1. The van der Waals surface area contributed by atoms with Crippen LogP contribution in [0.15, 0.2) is 53.3 Å². The maximum Gasteiger partial charge on any atom is 0.152 e. The van der Waals surface area contributed by atoms with Gasteiger partial charge in [-0.25, -0.2) is 4.98 Å². The normalized spacial score (nSPS) is 10.7. The van der Waals surface area contributed by atoms with Crippen LogP contribution in [-0.4, -0.2) is 22.4 Å². The summed E-state index contributed by atoms with van der Waals surface area (Å²) in [5.74, 6) is 0.818. The highest BCUT2D eigenvalue weighted by Crippen LogP contribution is 2.19. The number of nitrogens with zero attached hydrogens (tertiary/aromatic N) is 2. The van der Waals surface area contributed by atoms with E-state index in [1.165, 1.54) is 0 Å². The van der Waals surface area contributed by atoms with Crippen LogP contribution in [-0.2, 0) is 6.54 Å². The lowest BCUT2D eigenvalue weighted by atomic mass is 10.2. The molecule has 0 radical (unpaired) electrons. The summed E-state index contributed by atoms with van der Waals surface area (Å²) in [5.41, 5.74) is 1.46. The Balaban J connectivity index is 1.73. The van der Waals surface area contributed by atoms with Gasteiger partial charge in [-0.15, -0.1) is 0 Å². The second kappa shape index (κ2) is 6.10. The fourth-order valence-electron chi connectivity index (χ4n) is 2.21. The number of pyridine rings is 1. The standard InChI is InChI=1S/C16H13BrN2O2/c17-13-3-5-14(6-4-13)21-9-8-19-10-12(11-20)15-2-1-7-18-16(15)19/h1-7,10-11H,8-9H2. The van der Waals surface area contributed by atoms with Crippen LogP contribution in [0.3, 0.4) is 0 Å². The van der Waals surface area contributed by atoms with Crippen LogP contribution in [0.1, 0.15) is 10.4 Å². The summed E-state index contributed by atoms with van der Waals surface area (Å²) in [6, 6.07) is 11.4. The van der Waals surface area contributed by atoms with Crippen molar-refractivity contribution >= 4 is 33.2 Å². The molecule has 0 aliphatic carbocycles. The summed E-state index contributed by atoms with van der Waals surface area (Å²) in [6.45, 7) is 1.15. The molecule has 0 fully saturated rings. The first kappa shape index (κ1) is 13.8. The Kier molecular flexibility index (Phi) is 4.01. The van der Waals surface area contributed by atoms with Crippen LogP contribution < -0.4 is 4.74 Å². The van der Waals surface area contributed by atoms with Crippen LogP contribution in [0.25, 0.3) is 11.0 Å². The molecule has 0 amide bonds. The molecule has 2 heterocycles. The molecule has 0 atom stereocenters. The van der Waals surface area contributed by atoms with Crippen molar-refractivity contribution in [2.24, 2.45) is 0 Å². The molecule has 1 aromatic carbocycles. The number of hydrogen-bond donors (Lipinski definition) is 0. The molecule has 0 spiro atoms. The van der Waals surface area contributed by atoms with Gasteiger partial charge >= 0.3 is 0 Å². The van der Waals surface area contributed by atoms with Gasteiger partial charge < -0.3 is 9.30 Å². The molecule has 5 heteroatoms. The zero-order chi connectivity index (χ0) is 14.7. The molecule has 0 saturated heterocycles. The van der Waals surface area contributed by atoms with Gasteiger partial charge in [0.25, 0.3) is 0 Å². The van der Waals surface area contributed by atoms with Gasteiger partial charge in [-0.2, -0.15) is 0 Å². The van der Waals surface area contributed by atoms with E-state index in [4.69, 9.17) is 4.74 Å². The van der Waals surface area contributed by atoms with E-state index in [2.05, 4.69) is 20.9 Å².